The van der Waals surface area contributed by atoms with Crippen molar-refractivity contribution in [3.63, 3.8) is 0 Å². The molecule has 1 aliphatic rings. The summed E-state index contributed by atoms with van der Waals surface area (Å²) in [6.45, 7) is 8.90. The minimum atomic E-state index is -0.518. The number of urea groups is 1. The average Bonchev–Trinajstić information content (AvgIpc) is 2.47. The van der Waals surface area contributed by atoms with E-state index >= 15 is 0 Å². The number of nitrogens with one attached hydrogen (secondary N) is 1. The number of ether oxygens (including phenoxy) is 1. The van der Waals surface area contributed by atoms with Crippen LogP contribution >= 0.6 is 22.6 Å². The maximum atomic E-state index is 12.4. The van der Waals surface area contributed by atoms with Gasteiger partial charge in [-0.1, -0.05) is 0 Å². The molecule has 1 heterocycles. The molecule has 1 N–H and O–H groups in total. The van der Waals surface area contributed by atoms with Crippen LogP contribution in [-0.4, -0.2) is 53.2 Å². The van der Waals surface area contributed by atoms with Gasteiger partial charge in [0.2, 0.25) is 0 Å². The van der Waals surface area contributed by atoms with Gasteiger partial charge in [0.05, 0.1) is 0 Å². The van der Waals surface area contributed by atoms with Gasteiger partial charge in [0.25, 0.3) is 0 Å². The largest absolute Gasteiger partial charge is 0.444 e. The summed E-state index contributed by atoms with van der Waals surface area (Å²) >= 11 is 2.22. The first kappa shape index (κ1) is 18.8. The summed E-state index contributed by atoms with van der Waals surface area (Å²) in [5, 5.41) is 2.89. The van der Waals surface area contributed by atoms with Crippen LogP contribution in [0.4, 0.5) is 15.3 Å². The second kappa shape index (κ2) is 7.58. The molecular weight excluding hydrogens is 421 g/mol. The van der Waals surface area contributed by atoms with Crippen molar-refractivity contribution in [2.75, 3.05) is 25.0 Å². The molecule has 0 aromatic heterocycles. The van der Waals surface area contributed by atoms with Crippen molar-refractivity contribution >= 4 is 40.4 Å². The molecule has 3 amide bonds. The molecule has 0 aliphatic carbocycles. The number of carbonyl (C=O) groups excluding carboxylic acids is 2. The standard InChI is InChI=1S/C17H24IN3O3/c1-12-11-20(9-10-21(12)16(23)24-17(2,3)4)15(22)19-14-7-5-13(18)6-8-14/h5-8,12H,9-11H2,1-4H3,(H,19,22). The Morgan fingerprint density at radius 2 is 1.83 bits per heavy atom. The van der Waals surface area contributed by atoms with Crippen LogP contribution in [0.1, 0.15) is 27.7 Å². The lowest BCUT2D eigenvalue weighted by Crippen LogP contribution is -2.57. The van der Waals surface area contributed by atoms with Gasteiger partial charge in [0, 0.05) is 34.9 Å². The fourth-order valence-corrected chi connectivity index (χ4v) is 2.83. The van der Waals surface area contributed by atoms with Gasteiger partial charge in [-0.25, -0.2) is 9.59 Å². The maximum absolute atomic E-state index is 12.4. The van der Waals surface area contributed by atoms with Crippen molar-refractivity contribution in [2.24, 2.45) is 0 Å². The predicted molar refractivity (Wildman–Crippen MR) is 102 cm³/mol. The number of rotatable bonds is 1. The van der Waals surface area contributed by atoms with Gasteiger partial charge in [-0.3, -0.25) is 0 Å². The molecule has 1 aliphatic heterocycles. The Kier molecular flexibility index (Phi) is 5.95. The molecule has 0 saturated carbocycles. The molecule has 0 spiro atoms. The Labute approximate surface area is 156 Å². The van der Waals surface area contributed by atoms with E-state index in [-0.39, 0.29) is 18.2 Å². The lowest BCUT2D eigenvalue weighted by Gasteiger charge is -2.40. The molecule has 0 bridgehead atoms. The third kappa shape index (κ3) is 5.25. The van der Waals surface area contributed by atoms with Crippen molar-refractivity contribution < 1.29 is 14.3 Å². The quantitative estimate of drug-likeness (QED) is 0.670. The minimum Gasteiger partial charge on any atom is -0.444 e. The van der Waals surface area contributed by atoms with Gasteiger partial charge in [-0.05, 0) is 74.6 Å². The van der Waals surface area contributed by atoms with E-state index in [1.165, 1.54) is 0 Å². The molecule has 6 nitrogen and oxygen atoms in total. The van der Waals surface area contributed by atoms with Crippen LogP contribution < -0.4 is 5.32 Å². The molecule has 0 radical (unpaired) electrons. The molecule has 7 heteroatoms. The Balaban J connectivity index is 1.91. The summed E-state index contributed by atoms with van der Waals surface area (Å²) in [4.78, 5) is 28.0. The molecule has 1 aromatic rings. The highest BCUT2D eigenvalue weighted by Crippen LogP contribution is 2.17. The number of benzene rings is 1. The van der Waals surface area contributed by atoms with E-state index < -0.39 is 5.60 Å². The third-order valence-electron chi connectivity index (χ3n) is 3.64. The highest BCUT2D eigenvalue weighted by Gasteiger charge is 2.32. The first-order chi connectivity index (χ1) is 11.2. The molecule has 1 unspecified atom stereocenters. The van der Waals surface area contributed by atoms with Gasteiger partial charge in [0.1, 0.15) is 5.60 Å². The lowest BCUT2D eigenvalue weighted by molar-refractivity contribution is 0.00589. The highest BCUT2D eigenvalue weighted by atomic mass is 127. The molecule has 1 fully saturated rings. The van der Waals surface area contributed by atoms with Crippen LogP contribution in [-0.2, 0) is 4.74 Å². The average molecular weight is 445 g/mol. The monoisotopic (exact) mass is 445 g/mol. The van der Waals surface area contributed by atoms with Crippen molar-refractivity contribution in [1.82, 2.24) is 9.80 Å². The Bertz CT molecular complexity index is 598. The maximum Gasteiger partial charge on any atom is 0.410 e. The van der Waals surface area contributed by atoms with E-state index in [1.807, 2.05) is 52.0 Å². The summed E-state index contributed by atoms with van der Waals surface area (Å²) in [6, 6.07) is 7.40. The Hall–Kier alpha value is -1.51. The molecule has 1 saturated heterocycles. The fourth-order valence-electron chi connectivity index (χ4n) is 2.47. The van der Waals surface area contributed by atoms with Gasteiger partial charge >= 0.3 is 12.1 Å². The van der Waals surface area contributed by atoms with E-state index in [4.69, 9.17) is 4.74 Å². The number of hydrogen-bond acceptors (Lipinski definition) is 3. The van der Waals surface area contributed by atoms with Gasteiger partial charge in [-0.2, -0.15) is 0 Å². The van der Waals surface area contributed by atoms with E-state index in [0.29, 0.717) is 19.6 Å². The first-order valence-electron chi connectivity index (χ1n) is 7.97. The van der Waals surface area contributed by atoms with Crippen LogP contribution in [0.5, 0.6) is 0 Å². The zero-order chi connectivity index (χ0) is 17.9. The van der Waals surface area contributed by atoms with Crippen LogP contribution in [0.25, 0.3) is 0 Å². The van der Waals surface area contributed by atoms with Crippen molar-refractivity contribution in [3.8, 4) is 0 Å². The Morgan fingerprint density at radius 3 is 2.38 bits per heavy atom. The summed E-state index contributed by atoms with van der Waals surface area (Å²) < 4.78 is 6.53. The topological polar surface area (TPSA) is 61.9 Å². The normalized spacial score (nSPS) is 18.3. The van der Waals surface area contributed by atoms with Crippen LogP contribution in [0.2, 0.25) is 0 Å². The fraction of sp³-hybridized carbons (Fsp3) is 0.529. The van der Waals surface area contributed by atoms with E-state index in [0.717, 1.165) is 9.26 Å². The Morgan fingerprint density at radius 1 is 1.21 bits per heavy atom. The molecule has 2 rings (SSSR count). The minimum absolute atomic E-state index is 0.0870. The van der Waals surface area contributed by atoms with Gasteiger partial charge in [-0.15, -0.1) is 0 Å². The van der Waals surface area contributed by atoms with Gasteiger partial charge < -0.3 is 19.9 Å². The third-order valence-corrected chi connectivity index (χ3v) is 4.36. The summed E-state index contributed by atoms with van der Waals surface area (Å²) in [5.74, 6) is 0. The number of anilines is 1. The number of carbonyl (C=O) groups is 2. The van der Waals surface area contributed by atoms with Crippen molar-refractivity contribution in [1.29, 1.82) is 0 Å². The first-order valence-corrected chi connectivity index (χ1v) is 9.05. The van der Waals surface area contributed by atoms with E-state index in [1.54, 1.807) is 9.80 Å². The molecule has 1 atom stereocenters. The van der Waals surface area contributed by atoms with E-state index in [2.05, 4.69) is 27.9 Å². The number of amides is 3. The molecule has 1 aromatic carbocycles. The van der Waals surface area contributed by atoms with E-state index in [9.17, 15) is 9.59 Å². The van der Waals surface area contributed by atoms with Crippen LogP contribution in [0, 0.1) is 3.57 Å². The second-order valence-corrected chi connectivity index (χ2v) is 8.15. The highest BCUT2D eigenvalue weighted by molar-refractivity contribution is 14.1. The number of piperazine rings is 1. The SMILES string of the molecule is CC1CN(C(=O)Nc2ccc(I)cc2)CCN1C(=O)OC(C)(C)C. The molecule has 24 heavy (non-hydrogen) atoms. The van der Waals surface area contributed by atoms with Gasteiger partial charge in [0.15, 0.2) is 0 Å². The zero-order valence-electron chi connectivity index (χ0n) is 14.5. The van der Waals surface area contributed by atoms with Crippen LogP contribution in [0.15, 0.2) is 24.3 Å². The van der Waals surface area contributed by atoms with Crippen molar-refractivity contribution in [2.45, 2.75) is 39.3 Å². The number of halogens is 1. The smallest absolute Gasteiger partial charge is 0.410 e. The lowest BCUT2D eigenvalue weighted by atomic mass is 10.2. The molecule has 132 valence electrons. The predicted octanol–water partition coefficient (Wildman–Crippen LogP) is 3.76. The second-order valence-electron chi connectivity index (χ2n) is 6.91. The number of hydrogen-bond donors (Lipinski definition) is 1. The molecular formula is C17H24IN3O3. The zero-order valence-corrected chi connectivity index (χ0v) is 16.7. The van der Waals surface area contributed by atoms with Crippen molar-refractivity contribution in [3.05, 3.63) is 27.8 Å². The number of nitrogens with zero attached hydrogens (tertiary/aromatic N) is 2. The summed E-state index contributed by atoms with van der Waals surface area (Å²) in [7, 11) is 0. The van der Waals surface area contributed by atoms with Crippen LogP contribution in [0.3, 0.4) is 0 Å². The summed E-state index contributed by atoms with van der Waals surface area (Å²) in [5.41, 5.74) is 0.249. The summed E-state index contributed by atoms with van der Waals surface area (Å²) in [6.07, 6.45) is -0.326.